The van der Waals surface area contributed by atoms with E-state index in [1.807, 2.05) is 0 Å². The molecule has 0 amide bonds. The van der Waals surface area contributed by atoms with Crippen LogP contribution in [-0.4, -0.2) is 0 Å². The smallest absolute Gasteiger partial charge is 0.160 e. The maximum absolute atomic E-state index is 13.2. The summed E-state index contributed by atoms with van der Waals surface area (Å²) in [7, 11) is 0. The zero-order valence-corrected chi connectivity index (χ0v) is 9.94. The molecule has 0 heterocycles. The second-order valence-corrected chi connectivity index (χ2v) is 4.14. The molecule has 0 unspecified atom stereocenters. The van der Waals surface area contributed by atoms with Gasteiger partial charge in [-0.05, 0) is 29.8 Å². The molecule has 0 bridgehead atoms. The molecule has 0 atom stereocenters. The molecular weight excluding hydrogens is 263 g/mol. The van der Waals surface area contributed by atoms with Crippen LogP contribution in [0.3, 0.4) is 0 Å². The van der Waals surface area contributed by atoms with E-state index in [4.69, 9.17) is 11.6 Å². The molecule has 0 radical (unpaired) electrons. The van der Waals surface area contributed by atoms with Crippen molar-refractivity contribution in [1.82, 2.24) is 0 Å². The Morgan fingerprint density at radius 1 is 0.889 bits per heavy atom. The molecule has 18 heavy (non-hydrogen) atoms. The zero-order valence-electron chi connectivity index (χ0n) is 9.18. The molecular formula is C13H9ClF3N. The van der Waals surface area contributed by atoms with Gasteiger partial charge in [0.2, 0.25) is 0 Å². The van der Waals surface area contributed by atoms with E-state index in [1.165, 1.54) is 18.2 Å². The van der Waals surface area contributed by atoms with Gasteiger partial charge in [0.15, 0.2) is 11.6 Å². The van der Waals surface area contributed by atoms with Gasteiger partial charge < -0.3 is 5.32 Å². The van der Waals surface area contributed by atoms with Gasteiger partial charge in [-0.3, -0.25) is 0 Å². The lowest BCUT2D eigenvalue weighted by Gasteiger charge is -2.07. The van der Waals surface area contributed by atoms with Crippen LogP contribution in [0.2, 0.25) is 5.02 Å². The maximum Gasteiger partial charge on any atom is 0.160 e. The highest BCUT2D eigenvalue weighted by atomic mass is 35.5. The van der Waals surface area contributed by atoms with Crippen molar-refractivity contribution in [1.29, 1.82) is 0 Å². The highest BCUT2D eigenvalue weighted by Gasteiger charge is 2.03. The highest BCUT2D eigenvalue weighted by molar-refractivity contribution is 6.30. The third kappa shape index (κ3) is 2.96. The van der Waals surface area contributed by atoms with Crippen LogP contribution in [0, 0.1) is 17.5 Å². The van der Waals surface area contributed by atoms with E-state index >= 15 is 0 Å². The number of nitrogens with one attached hydrogen (secondary N) is 1. The first-order chi connectivity index (χ1) is 8.56. The van der Waals surface area contributed by atoms with Gasteiger partial charge in [0.25, 0.3) is 0 Å². The summed E-state index contributed by atoms with van der Waals surface area (Å²) in [6.45, 7) is 0.291. The average Bonchev–Trinajstić information content (AvgIpc) is 2.35. The summed E-state index contributed by atoms with van der Waals surface area (Å²) in [6, 6.07) is 7.86. The largest absolute Gasteiger partial charge is 0.381 e. The molecule has 2 rings (SSSR count). The van der Waals surface area contributed by atoms with Crippen LogP contribution >= 0.6 is 11.6 Å². The molecule has 0 fully saturated rings. The minimum atomic E-state index is -0.928. The molecule has 0 aliphatic heterocycles. The number of halogens is 4. The van der Waals surface area contributed by atoms with Crippen LogP contribution in [0.15, 0.2) is 36.4 Å². The molecule has 0 aliphatic carbocycles. The molecule has 0 aliphatic rings. The molecule has 0 saturated carbocycles. The molecule has 1 N–H and O–H groups in total. The molecule has 1 nitrogen and oxygen atoms in total. The Morgan fingerprint density at radius 2 is 1.67 bits per heavy atom. The van der Waals surface area contributed by atoms with E-state index in [0.717, 1.165) is 12.1 Å². The van der Waals surface area contributed by atoms with Crippen molar-refractivity contribution in [2.75, 3.05) is 5.32 Å². The summed E-state index contributed by atoms with van der Waals surface area (Å²) in [4.78, 5) is 0. The van der Waals surface area contributed by atoms with Crippen molar-refractivity contribution in [3.8, 4) is 0 Å². The summed E-state index contributed by atoms with van der Waals surface area (Å²) in [5.41, 5.74) is 1.07. The number of benzene rings is 2. The van der Waals surface area contributed by atoms with E-state index in [1.54, 1.807) is 6.07 Å². The van der Waals surface area contributed by atoms with Crippen molar-refractivity contribution in [2.45, 2.75) is 6.54 Å². The summed E-state index contributed by atoms with van der Waals surface area (Å²) in [5, 5.41) is 2.91. The molecule has 94 valence electrons. The van der Waals surface area contributed by atoms with Gasteiger partial charge in [-0.15, -0.1) is 0 Å². The van der Waals surface area contributed by atoms with Crippen LogP contribution in [0.1, 0.15) is 5.56 Å². The number of hydrogen-bond donors (Lipinski definition) is 1. The zero-order chi connectivity index (χ0) is 13.1. The van der Waals surface area contributed by atoms with E-state index in [2.05, 4.69) is 5.32 Å². The Hall–Kier alpha value is -1.68. The second-order valence-electron chi connectivity index (χ2n) is 3.73. The first-order valence-corrected chi connectivity index (χ1v) is 5.57. The van der Waals surface area contributed by atoms with Gasteiger partial charge >= 0.3 is 0 Å². The fourth-order valence-corrected chi connectivity index (χ4v) is 1.58. The van der Waals surface area contributed by atoms with Gasteiger partial charge in [0.1, 0.15) is 5.82 Å². The van der Waals surface area contributed by atoms with E-state index in [9.17, 15) is 13.2 Å². The minimum Gasteiger partial charge on any atom is -0.381 e. The van der Waals surface area contributed by atoms with Crippen LogP contribution in [-0.2, 0) is 6.54 Å². The van der Waals surface area contributed by atoms with Crippen molar-refractivity contribution < 1.29 is 13.2 Å². The predicted molar refractivity (Wildman–Crippen MR) is 65.1 cm³/mol. The Labute approximate surface area is 107 Å². The summed E-state index contributed by atoms with van der Waals surface area (Å²) in [5.74, 6) is -2.35. The van der Waals surface area contributed by atoms with Crippen LogP contribution in [0.25, 0.3) is 0 Å². The SMILES string of the molecule is Fc1ccc(NCc2ccc(Cl)c(F)c2)cc1F. The number of anilines is 1. The Balaban J connectivity index is 2.06. The van der Waals surface area contributed by atoms with Crippen molar-refractivity contribution >= 4 is 17.3 Å². The minimum absolute atomic E-state index is 0.0478. The topological polar surface area (TPSA) is 12.0 Å². The van der Waals surface area contributed by atoms with Gasteiger partial charge in [0.05, 0.1) is 5.02 Å². The van der Waals surface area contributed by atoms with Crippen molar-refractivity contribution in [3.63, 3.8) is 0 Å². The quantitative estimate of drug-likeness (QED) is 0.874. The number of rotatable bonds is 3. The molecule has 2 aromatic carbocycles. The lowest BCUT2D eigenvalue weighted by molar-refractivity contribution is 0.509. The maximum atomic E-state index is 13.2. The molecule has 0 saturated heterocycles. The molecule has 0 spiro atoms. The number of hydrogen-bond acceptors (Lipinski definition) is 1. The first kappa shape index (κ1) is 12.8. The fraction of sp³-hybridized carbons (Fsp3) is 0.0769. The normalized spacial score (nSPS) is 10.4. The fourth-order valence-electron chi connectivity index (χ4n) is 1.46. The van der Waals surface area contributed by atoms with Crippen molar-refractivity contribution in [3.05, 3.63) is 64.4 Å². The van der Waals surface area contributed by atoms with Crippen LogP contribution in [0.5, 0.6) is 0 Å². The predicted octanol–water partition coefficient (Wildman–Crippen LogP) is 4.37. The monoisotopic (exact) mass is 271 g/mol. The van der Waals surface area contributed by atoms with E-state index < -0.39 is 17.5 Å². The Morgan fingerprint density at radius 3 is 2.33 bits per heavy atom. The lowest BCUT2D eigenvalue weighted by Crippen LogP contribution is -2.00. The van der Waals surface area contributed by atoms with E-state index in [0.29, 0.717) is 17.8 Å². The Bertz CT molecular complexity index is 521. The van der Waals surface area contributed by atoms with Gasteiger partial charge in [-0.2, -0.15) is 0 Å². The van der Waals surface area contributed by atoms with Crippen molar-refractivity contribution in [2.24, 2.45) is 0 Å². The van der Waals surface area contributed by atoms with Gasteiger partial charge in [-0.1, -0.05) is 17.7 Å². The average molecular weight is 272 g/mol. The molecule has 0 aromatic heterocycles. The summed E-state index contributed by atoms with van der Waals surface area (Å²) < 4.78 is 38.8. The summed E-state index contributed by atoms with van der Waals surface area (Å²) >= 11 is 5.55. The first-order valence-electron chi connectivity index (χ1n) is 5.19. The molecule has 2 aromatic rings. The van der Waals surface area contributed by atoms with Crippen LogP contribution < -0.4 is 5.32 Å². The van der Waals surface area contributed by atoms with Gasteiger partial charge in [-0.25, -0.2) is 13.2 Å². The van der Waals surface area contributed by atoms with E-state index in [-0.39, 0.29) is 5.02 Å². The standard InChI is InChI=1S/C13H9ClF3N/c14-10-3-1-8(5-12(10)16)7-18-9-2-4-11(15)13(17)6-9/h1-6,18H,7H2. The Kier molecular flexibility index (Phi) is 3.77. The third-order valence-electron chi connectivity index (χ3n) is 2.40. The van der Waals surface area contributed by atoms with Gasteiger partial charge in [0, 0.05) is 18.3 Å². The second kappa shape index (κ2) is 5.31. The highest BCUT2D eigenvalue weighted by Crippen LogP contribution is 2.17. The van der Waals surface area contributed by atoms with Crippen LogP contribution in [0.4, 0.5) is 18.9 Å². The molecule has 5 heteroatoms. The third-order valence-corrected chi connectivity index (χ3v) is 2.71. The lowest BCUT2D eigenvalue weighted by atomic mass is 10.2. The summed E-state index contributed by atoms with van der Waals surface area (Å²) in [6.07, 6.45) is 0.